The third-order valence-corrected chi connectivity index (χ3v) is 5.46. The molecule has 27 heavy (non-hydrogen) atoms. The van der Waals surface area contributed by atoms with Crippen LogP contribution < -0.4 is 9.47 Å². The number of aldehydes is 1. The van der Waals surface area contributed by atoms with E-state index < -0.39 is 0 Å². The highest BCUT2D eigenvalue weighted by Gasteiger charge is 2.21. The molecule has 0 fully saturated rings. The van der Waals surface area contributed by atoms with Gasteiger partial charge in [-0.2, -0.15) is 0 Å². The average Bonchev–Trinajstić information content (AvgIpc) is 3.22. The highest BCUT2D eigenvalue weighted by molar-refractivity contribution is 7.17. The third-order valence-electron chi connectivity index (χ3n) is 4.50. The Balaban J connectivity index is 1.94. The van der Waals surface area contributed by atoms with Crippen LogP contribution in [0.3, 0.4) is 0 Å². The van der Waals surface area contributed by atoms with Gasteiger partial charge in [0, 0.05) is 10.4 Å². The van der Waals surface area contributed by atoms with Crippen LogP contribution in [0.15, 0.2) is 48.5 Å². The maximum atomic E-state index is 12.0. The number of carbonyl (C=O) groups excluding carboxylic acids is 1. The second-order valence-corrected chi connectivity index (χ2v) is 7.23. The Kier molecular flexibility index (Phi) is 4.41. The maximum Gasteiger partial charge on any atom is 0.195 e. The molecule has 0 unspecified atom stereocenters. The molecular formula is C21H18N2O3S. The molecular weight excluding hydrogens is 360 g/mol. The molecule has 0 atom stereocenters. The average molecular weight is 378 g/mol. The minimum absolute atomic E-state index is 0.536. The number of fused-ring (bicyclic) bond motifs is 1. The Hall–Kier alpha value is -3.12. The summed E-state index contributed by atoms with van der Waals surface area (Å²) < 4.78 is 12.5. The van der Waals surface area contributed by atoms with Gasteiger partial charge in [0.2, 0.25) is 0 Å². The molecule has 2 aromatic heterocycles. The van der Waals surface area contributed by atoms with Crippen molar-refractivity contribution < 1.29 is 14.3 Å². The Morgan fingerprint density at radius 1 is 1.00 bits per heavy atom. The van der Waals surface area contributed by atoms with E-state index in [1.165, 1.54) is 0 Å². The van der Waals surface area contributed by atoms with E-state index in [0.717, 1.165) is 44.4 Å². The molecule has 0 radical (unpaired) electrons. The number of methoxy groups -OCH3 is 2. The fraction of sp³-hybridized carbons (Fsp3) is 0.143. The van der Waals surface area contributed by atoms with Crippen LogP contribution in [0.4, 0.5) is 0 Å². The molecule has 2 aromatic carbocycles. The van der Waals surface area contributed by atoms with Crippen molar-refractivity contribution >= 4 is 22.6 Å². The first-order valence-electron chi connectivity index (χ1n) is 8.42. The van der Waals surface area contributed by atoms with Crippen LogP contribution in [-0.4, -0.2) is 29.9 Å². The lowest BCUT2D eigenvalue weighted by Crippen LogP contribution is -1.95. The van der Waals surface area contributed by atoms with Crippen LogP contribution in [0.5, 0.6) is 11.5 Å². The minimum Gasteiger partial charge on any atom is -0.497 e. The Bertz CT molecular complexity index is 1130. The molecule has 2 heterocycles. The quantitative estimate of drug-likeness (QED) is 0.465. The van der Waals surface area contributed by atoms with E-state index in [0.29, 0.717) is 11.4 Å². The van der Waals surface area contributed by atoms with Crippen molar-refractivity contribution in [3.8, 4) is 34.0 Å². The normalized spacial score (nSPS) is 10.9. The van der Waals surface area contributed by atoms with Crippen molar-refractivity contribution in [1.82, 2.24) is 9.38 Å². The molecule has 4 rings (SSSR count). The van der Waals surface area contributed by atoms with Crippen LogP contribution in [0, 0.1) is 6.92 Å². The number of thiazole rings is 1. The largest absolute Gasteiger partial charge is 0.497 e. The third kappa shape index (κ3) is 2.88. The summed E-state index contributed by atoms with van der Waals surface area (Å²) in [7, 11) is 3.26. The van der Waals surface area contributed by atoms with Crippen molar-refractivity contribution in [2.24, 2.45) is 0 Å². The van der Waals surface area contributed by atoms with Crippen LogP contribution in [0.2, 0.25) is 0 Å². The molecule has 5 nitrogen and oxygen atoms in total. The second kappa shape index (κ2) is 6.89. The summed E-state index contributed by atoms with van der Waals surface area (Å²) in [6, 6.07) is 15.4. The molecule has 6 heteroatoms. The zero-order chi connectivity index (χ0) is 19.0. The standard InChI is InChI=1S/C21H18N2O3S/c1-13-20(14-7-9-16(25-2)10-8-14)23-18(12-24)19(22-21(23)27-13)15-5-4-6-17(11-15)26-3/h4-12H,1-3H3. The van der Waals surface area contributed by atoms with Crippen molar-refractivity contribution in [3.05, 3.63) is 59.1 Å². The van der Waals surface area contributed by atoms with Gasteiger partial charge in [-0.15, -0.1) is 11.3 Å². The number of hydrogen-bond acceptors (Lipinski definition) is 5. The number of carbonyl (C=O) groups is 1. The zero-order valence-corrected chi connectivity index (χ0v) is 16.0. The highest BCUT2D eigenvalue weighted by Crippen LogP contribution is 2.36. The first kappa shape index (κ1) is 17.3. The molecule has 0 amide bonds. The van der Waals surface area contributed by atoms with Crippen molar-refractivity contribution in [1.29, 1.82) is 0 Å². The van der Waals surface area contributed by atoms with Gasteiger partial charge in [0.25, 0.3) is 0 Å². The molecule has 0 aliphatic rings. The first-order chi connectivity index (χ1) is 13.2. The first-order valence-corrected chi connectivity index (χ1v) is 9.23. The minimum atomic E-state index is 0.536. The van der Waals surface area contributed by atoms with Crippen LogP contribution in [0.25, 0.3) is 27.5 Å². The highest BCUT2D eigenvalue weighted by atomic mass is 32.1. The zero-order valence-electron chi connectivity index (χ0n) is 15.2. The lowest BCUT2D eigenvalue weighted by molar-refractivity contribution is 0.111. The summed E-state index contributed by atoms with van der Waals surface area (Å²) in [5, 5.41) is 0. The maximum absolute atomic E-state index is 12.0. The van der Waals surface area contributed by atoms with Crippen LogP contribution in [0.1, 0.15) is 15.4 Å². The van der Waals surface area contributed by atoms with Crippen LogP contribution >= 0.6 is 11.3 Å². The van der Waals surface area contributed by atoms with Crippen molar-refractivity contribution in [2.75, 3.05) is 14.2 Å². The summed E-state index contributed by atoms with van der Waals surface area (Å²) >= 11 is 1.57. The van der Waals surface area contributed by atoms with Gasteiger partial charge >= 0.3 is 0 Å². The number of aryl methyl sites for hydroxylation is 1. The van der Waals surface area contributed by atoms with E-state index in [1.807, 2.05) is 59.9 Å². The number of benzene rings is 2. The van der Waals surface area contributed by atoms with Crippen molar-refractivity contribution in [2.45, 2.75) is 6.92 Å². The molecule has 0 aliphatic heterocycles. The lowest BCUT2D eigenvalue weighted by atomic mass is 10.1. The molecule has 0 N–H and O–H groups in total. The molecule has 0 saturated carbocycles. The lowest BCUT2D eigenvalue weighted by Gasteiger charge is -2.06. The molecule has 0 spiro atoms. The van der Waals surface area contributed by atoms with Gasteiger partial charge in [-0.25, -0.2) is 4.98 Å². The number of ether oxygens (including phenoxy) is 2. The van der Waals surface area contributed by atoms with E-state index >= 15 is 0 Å². The van der Waals surface area contributed by atoms with E-state index in [2.05, 4.69) is 0 Å². The number of imidazole rings is 1. The molecule has 0 aliphatic carbocycles. The SMILES string of the molecule is COc1ccc(-c2c(C)sc3nc(-c4cccc(OC)c4)c(C=O)n23)cc1. The van der Waals surface area contributed by atoms with Gasteiger partial charge < -0.3 is 9.47 Å². The molecule has 4 aromatic rings. The molecule has 0 bridgehead atoms. The summed E-state index contributed by atoms with van der Waals surface area (Å²) in [5.74, 6) is 1.52. The van der Waals surface area contributed by atoms with Gasteiger partial charge in [0.1, 0.15) is 22.9 Å². The van der Waals surface area contributed by atoms with Gasteiger partial charge in [0.05, 0.1) is 19.9 Å². The predicted molar refractivity (Wildman–Crippen MR) is 107 cm³/mol. The monoisotopic (exact) mass is 378 g/mol. The van der Waals surface area contributed by atoms with Gasteiger partial charge in [-0.3, -0.25) is 9.20 Å². The number of rotatable bonds is 5. The Morgan fingerprint density at radius 3 is 2.41 bits per heavy atom. The topological polar surface area (TPSA) is 52.8 Å². The van der Waals surface area contributed by atoms with Gasteiger partial charge in [-0.1, -0.05) is 12.1 Å². The fourth-order valence-corrected chi connectivity index (χ4v) is 4.21. The predicted octanol–water partition coefficient (Wildman–Crippen LogP) is 4.87. The summed E-state index contributed by atoms with van der Waals surface area (Å²) in [5.41, 5.74) is 4.03. The number of nitrogens with zero attached hydrogens (tertiary/aromatic N) is 2. The van der Waals surface area contributed by atoms with Gasteiger partial charge in [-0.05, 0) is 48.9 Å². The summed E-state index contributed by atoms with van der Waals surface area (Å²) in [6.45, 7) is 2.04. The molecule has 136 valence electrons. The summed E-state index contributed by atoms with van der Waals surface area (Å²) in [6.07, 6.45) is 0.869. The summed E-state index contributed by atoms with van der Waals surface area (Å²) in [4.78, 5) is 18.6. The van der Waals surface area contributed by atoms with Crippen molar-refractivity contribution in [3.63, 3.8) is 0 Å². The number of aromatic nitrogens is 2. The second-order valence-electron chi connectivity index (χ2n) is 6.05. The van der Waals surface area contributed by atoms with E-state index in [4.69, 9.17) is 14.5 Å². The van der Waals surface area contributed by atoms with Gasteiger partial charge in [0.15, 0.2) is 11.2 Å². The Labute approximate surface area is 160 Å². The van der Waals surface area contributed by atoms with E-state index in [-0.39, 0.29) is 0 Å². The Morgan fingerprint density at radius 2 is 1.74 bits per heavy atom. The van der Waals surface area contributed by atoms with E-state index in [1.54, 1.807) is 25.6 Å². The van der Waals surface area contributed by atoms with Crippen LogP contribution in [-0.2, 0) is 0 Å². The van der Waals surface area contributed by atoms with E-state index in [9.17, 15) is 4.79 Å². The number of hydrogen-bond donors (Lipinski definition) is 0. The molecule has 0 saturated heterocycles. The smallest absolute Gasteiger partial charge is 0.195 e. The fourth-order valence-electron chi connectivity index (χ4n) is 3.21.